The summed E-state index contributed by atoms with van der Waals surface area (Å²) < 4.78 is 7.11. The van der Waals surface area contributed by atoms with Crippen LogP contribution >= 0.6 is 31.9 Å². The van der Waals surface area contributed by atoms with Gasteiger partial charge < -0.3 is 15.0 Å². The maximum Gasteiger partial charge on any atom is 0.409 e. The molecule has 0 radical (unpaired) electrons. The molecule has 110 valence electrons. The summed E-state index contributed by atoms with van der Waals surface area (Å²) in [4.78, 5) is 13.4. The highest BCUT2D eigenvalue weighted by Crippen LogP contribution is 2.28. The highest BCUT2D eigenvalue weighted by atomic mass is 79.9. The molecule has 0 unspecified atom stereocenters. The normalized spacial score (nSPS) is 16.1. The molecule has 6 heteroatoms. The van der Waals surface area contributed by atoms with E-state index in [9.17, 15) is 4.79 Å². The SMILES string of the molecule is CCOC(=O)N1CCC(Nc2ccc(Br)cc2Br)CC1. The highest BCUT2D eigenvalue weighted by Gasteiger charge is 2.23. The molecule has 0 atom stereocenters. The van der Waals surface area contributed by atoms with Crippen LogP contribution < -0.4 is 5.32 Å². The van der Waals surface area contributed by atoms with E-state index in [-0.39, 0.29) is 6.09 Å². The second kappa shape index (κ2) is 7.31. The highest BCUT2D eigenvalue weighted by molar-refractivity contribution is 9.11. The molecule has 1 fully saturated rings. The van der Waals surface area contributed by atoms with Crippen LogP contribution in [-0.4, -0.2) is 36.7 Å². The van der Waals surface area contributed by atoms with Gasteiger partial charge in [-0.25, -0.2) is 4.79 Å². The van der Waals surface area contributed by atoms with Crippen LogP contribution in [0, 0.1) is 0 Å². The van der Waals surface area contributed by atoms with E-state index in [0.29, 0.717) is 12.6 Å². The number of halogens is 2. The fraction of sp³-hybridized carbons (Fsp3) is 0.500. The molecule has 0 bridgehead atoms. The number of nitrogens with one attached hydrogen (secondary N) is 1. The van der Waals surface area contributed by atoms with E-state index in [4.69, 9.17) is 4.74 Å². The largest absolute Gasteiger partial charge is 0.450 e. The standard InChI is InChI=1S/C14H18Br2N2O2/c1-2-20-14(19)18-7-5-11(6-8-18)17-13-4-3-10(15)9-12(13)16/h3-4,9,11,17H,2,5-8H2,1H3. The molecule has 1 aromatic carbocycles. The minimum Gasteiger partial charge on any atom is -0.450 e. The Bertz CT molecular complexity index is 474. The quantitative estimate of drug-likeness (QED) is 0.817. The number of nitrogens with zero attached hydrogens (tertiary/aromatic N) is 1. The van der Waals surface area contributed by atoms with E-state index in [2.05, 4.69) is 37.2 Å². The first-order valence-electron chi connectivity index (χ1n) is 6.73. The average molecular weight is 406 g/mol. The van der Waals surface area contributed by atoms with Gasteiger partial charge in [0.15, 0.2) is 0 Å². The maximum atomic E-state index is 11.6. The molecule has 0 aromatic heterocycles. The number of carbonyl (C=O) groups excluding carboxylic acids is 1. The van der Waals surface area contributed by atoms with E-state index in [0.717, 1.165) is 40.6 Å². The Morgan fingerprint density at radius 1 is 1.40 bits per heavy atom. The molecule has 0 saturated carbocycles. The van der Waals surface area contributed by atoms with Crippen LogP contribution in [0.1, 0.15) is 19.8 Å². The number of carbonyl (C=O) groups is 1. The van der Waals surface area contributed by atoms with Crippen molar-refractivity contribution in [2.75, 3.05) is 25.0 Å². The van der Waals surface area contributed by atoms with Crippen molar-refractivity contribution in [2.45, 2.75) is 25.8 Å². The van der Waals surface area contributed by atoms with Crippen molar-refractivity contribution in [2.24, 2.45) is 0 Å². The van der Waals surface area contributed by atoms with Crippen molar-refractivity contribution < 1.29 is 9.53 Å². The van der Waals surface area contributed by atoms with Crippen LogP contribution in [0.2, 0.25) is 0 Å². The van der Waals surface area contributed by atoms with Crippen LogP contribution in [0.25, 0.3) is 0 Å². The number of hydrogen-bond acceptors (Lipinski definition) is 3. The van der Waals surface area contributed by atoms with Gasteiger partial charge in [-0.15, -0.1) is 0 Å². The lowest BCUT2D eigenvalue weighted by atomic mass is 10.1. The molecule has 1 saturated heterocycles. The van der Waals surface area contributed by atoms with Gasteiger partial charge in [-0.05, 0) is 53.9 Å². The summed E-state index contributed by atoms with van der Waals surface area (Å²) >= 11 is 7.00. The summed E-state index contributed by atoms with van der Waals surface area (Å²) in [7, 11) is 0. The third-order valence-corrected chi connectivity index (χ3v) is 4.46. The molecule has 1 aliphatic rings. The van der Waals surface area contributed by atoms with Crippen molar-refractivity contribution in [3.63, 3.8) is 0 Å². The summed E-state index contributed by atoms with van der Waals surface area (Å²) in [5.41, 5.74) is 1.09. The van der Waals surface area contributed by atoms with Crippen LogP contribution in [0.5, 0.6) is 0 Å². The summed E-state index contributed by atoms with van der Waals surface area (Å²) in [6, 6.07) is 6.47. The molecule has 20 heavy (non-hydrogen) atoms. The lowest BCUT2D eigenvalue weighted by molar-refractivity contribution is 0.0983. The second-order valence-electron chi connectivity index (χ2n) is 4.73. The number of rotatable bonds is 3. The molecule has 0 aliphatic carbocycles. The van der Waals surface area contributed by atoms with E-state index in [1.54, 1.807) is 4.90 Å². The zero-order chi connectivity index (χ0) is 14.5. The second-order valence-corrected chi connectivity index (χ2v) is 6.50. The number of benzene rings is 1. The lowest BCUT2D eigenvalue weighted by Gasteiger charge is -2.32. The first-order valence-corrected chi connectivity index (χ1v) is 8.32. The van der Waals surface area contributed by atoms with Crippen LogP contribution in [0.3, 0.4) is 0 Å². The number of hydrogen-bond donors (Lipinski definition) is 1. The van der Waals surface area contributed by atoms with Gasteiger partial charge >= 0.3 is 6.09 Å². The number of likely N-dealkylation sites (tertiary alicyclic amines) is 1. The third-order valence-electron chi connectivity index (χ3n) is 3.31. The molecule has 2 rings (SSSR count). The molecule has 1 heterocycles. The molecule has 1 amide bonds. The first-order chi connectivity index (χ1) is 9.60. The molecule has 0 spiro atoms. The zero-order valence-corrected chi connectivity index (χ0v) is 14.5. The van der Waals surface area contributed by atoms with Crippen molar-refractivity contribution in [3.05, 3.63) is 27.1 Å². The Morgan fingerprint density at radius 3 is 2.70 bits per heavy atom. The van der Waals surface area contributed by atoms with Gasteiger partial charge in [0.1, 0.15) is 0 Å². The minimum atomic E-state index is -0.198. The van der Waals surface area contributed by atoms with Gasteiger partial charge in [-0.2, -0.15) is 0 Å². The zero-order valence-electron chi connectivity index (χ0n) is 11.4. The van der Waals surface area contributed by atoms with Crippen molar-refractivity contribution >= 4 is 43.6 Å². The van der Waals surface area contributed by atoms with E-state index in [1.165, 1.54) is 0 Å². The summed E-state index contributed by atoms with van der Waals surface area (Å²) in [5.74, 6) is 0. The number of piperidine rings is 1. The van der Waals surface area contributed by atoms with Gasteiger partial charge in [-0.1, -0.05) is 15.9 Å². The molecule has 1 aliphatic heterocycles. The van der Waals surface area contributed by atoms with Gasteiger partial charge in [0.25, 0.3) is 0 Å². The number of anilines is 1. The first kappa shape index (κ1) is 15.6. The summed E-state index contributed by atoms with van der Waals surface area (Å²) in [5, 5.41) is 3.52. The van der Waals surface area contributed by atoms with Gasteiger partial charge in [0, 0.05) is 33.8 Å². The topological polar surface area (TPSA) is 41.6 Å². The van der Waals surface area contributed by atoms with E-state index < -0.39 is 0 Å². The fourth-order valence-electron chi connectivity index (χ4n) is 2.25. The van der Waals surface area contributed by atoms with Crippen molar-refractivity contribution in [1.82, 2.24) is 4.90 Å². The van der Waals surface area contributed by atoms with E-state index >= 15 is 0 Å². The molecule has 1 N–H and O–H groups in total. The predicted octanol–water partition coefficient (Wildman–Crippen LogP) is 4.24. The van der Waals surface area contributed by atoms with Crippen LogP contribution in [0.4, 0.5) is 10.5 Å². The van der Waals surface area contributed by atoms with Gasteiger partial charge in [0.2, 0.25) is 0 Å². The minimum absolute atomic E-state index is 0.198. The maximum absolute atomic E-state index is 11.6. The number of amides is 1. The third kappa shape index (κ3) is 4.12. The van der Waals surface area contributed by atoms with Gasteiger partial charge in [-0.3, -0.25) is 0 Å². The number of ether oxygens (including phenoxy) is 1. The van der Waals surface area contributed by atoms with Crippen molar-refractivity contribution in [1.29, 1.82) is 0 Å². The predicted molar refractivity (Wildman–Crippen MR) is 87.1 cm³/mol. The Kier molecular flexibility index (Phi) is 5.72. The van der Waals surface area contributed by atoms with Crippen LogP contribution in [0.15, 0.2) is 27.1 Å². The molecule has 4 nitrogen and oxygen atoms in total. The average Bonchev–Trinajstić information content (AvgIpc) is 2.43. The van der Waals surface area contributed by atoms with Crippen LogP contribution in [-0.2, 0) is 4.74 Å². The smallest absolute Gasteiger partial charge is 0.409 e. The monoisotopic (exact) mass is 404 g/mol. The Labute approximate surface area is 136 Å². The molecular weight excluding hydrogens is 388 g/mol. The Morgan fingerprint density at radius 2 is 2.10 bits per heavy atom. The summed E-state index contributed by atoms with van der Waals surface area (Å²) in [6.45, 7) is 3.75. The Balaban J connectivity index is 1.86. The van der Waals surface area contributed by atoms with E-state index in [1.807, 2.05) is 25.1 Å². The summed E-state index contributed by atoms with van der Waals surface area (Å²) in [6.07, 6.45) is 1.67. The lowest BCUT2D eigenvalue weighted by Crippen LogP contribution is -2.42. The molecular formula is C14H18Br2N2O2. The van der Waals surface area contributed by atoms with Crippen molar-refractivity contribution in [3.8, 4) is 0 Å². The molecule has 1 aromatic rings. The fourth-order valence-corrected chi connectivity index (χ4v) is 3.41. The Hall–Kier alpha value is -0.750. The van der Waals surface area contributed by atoms with Gasteiger partial charge in [0.05, 0.1) is 6.61 Å².